The van der Waals surface area contributed by atoms with E-state index in [4.69, 9.17) is 4.74 Å². The van der Waals surface area contributed by atoms with Crippen LogP contribution in [0.1, 0.15) is 42.5 Å². The summed E-state index contributed by atoms with van der Waals surface area (Å²) in [5, 5.41) is 0. The van der Waals surface area contributed by atoms with Gasteiger partial charge in [0.15, 0.2) is 0 Å². The highest BCUT2D eigenvalue weighted by Crippen LogP contribution is 2.26. The fourth-order valence-corrected chi connectivity index (χ4v) is 2.52. The summed E-state index contributed by atoms with van der Waals surface area (Å²) in [5.74, 6) is -0.952. The molecule has 0 N–H and O–H groups in total. The van der Waals surface area contributed by atoms with E-state index in [1.807, 2.05) is 22.6 Å². The first-order valence-electron chi connectivity index (χ1n) is 6.91. The van der Waals surface area contributed by atoms with Crippen LogP contribution in [0, 0.1) is 5.82 Å². The van der Waals surface area contributed by atoms with Crippen molar-refractivity contribution < 1.29 is 27.1 Å². The lowest BCUT2D eigenvalue weighted by Gasteiger charge is -2.11. The van der Waals surface area contributed by atoms with Crippen molar-refractivity contribution in [2.75, 3.05) is 6.61 Å². The van der Waals surface area contributed by atoms with Crippen LogP contribution in [0.4, 0.5) is 17.6 Å². The molecular formula is C15H17F4IO2. The molecule has 1 atom stereocenters. The lowest BCUT2D eigenvalue weighted by molar-refractivity contribution is -0.135. The third kappa shape index (κ3) is 8.55. The van der Waals surface area contributed by atoms with Gasteiger partial charge in [0, 0.05) is 10.3 Å². The normalized spacial score (nSPS) is 13.0. The van der Waals surface area contributed by atoms with Crippen molar-refractivity contribution in [3.05, 3.63) is 35.6 Å². The molecule has 0 saturated heterocycles. The molecule has 0 fully saturated rings. The van der Waals surface area contributed by atoms with E-state index in [0.29, 0.717) is 19.3 Å². The summed E-state index contributed by atoms with van der Waals surface area (Å²) in [6, 6.07) is 5.04. The lowest BCUT2D eigenvalue weighted by atomic mass is 10.1. The van der Waals surface area contributed by atoms with Gasteiger partial charge in [-0.2, -0.15) is 13.2 Å². The highest BCUT2D eigenvalue weighted by atomic mass is 127. The average Bonchev–Trinajstić information content (AvgIpc) is 2.44. The molecule has 1 aromatic carbocycles. The molecule has 2 nitrogen and oxygen atoms in total. The van der Waals surface area contributed by atoms with Gasteiger partial charge in [0.25, 0.3) is 0 Å². The molecule has 0 amide bonds. The van der Waals surface area contributed by atoms with E-state index in [1.165, 1.54) is 24.3 Å². The minimum atomic E-state index is -4.10. The first-order valence-corrected chi connectivity index (χ1v) is 8.16. The molecule has 1 rings (SSSR count). The maximum atomic E-state index is 12.7. The minimum absolute atomic E-state index is 0.0352. The van der Waals surface area contributed by atoms with Gasteiger partial charge in [-0.25, -0.2) is 9.18 Å². The smallest absolute Gasteiger partial charge is 0.389 e. The highest BCUT2D eigenvalue weighted by Gasteiger charge is 2.27. The average molecular weight is 432 g/mol. The Morgan fingerprint density at radius 1 is 1.14 bits per heavy atom. The Morgan fingerprint density at radius 3 is 2.36 bits per heavy atom. The fourth-order valence-electron chi connectivity index (χ4n) is 1.77. The van der Waals surface area contributed by atoms with Crippen molar-refractivity contribution >= 4 is 28.6 Å². The summed E-state index contributed by atoms with van der Waals surface area (Å²) >= 11 is 2.02. The topological polar surface area (TPSA) is 26.3 Å². The number of rotatable bonds is 8. The molecule has 0 radical (unpaired) electrons. The number of ether oxygens (including phenoxy) is 1. The predicted molar refractivity (Wildman–Crippen MR) is 83.6 cm³/mol. The maximum absolute atomic E-state index is 12.7. The van der Waals surface area contributed by atoms with Crippen LogP contribution in [0.3, 0.4) is 0 Å². The van der Waals surface area contributed by atoms with E-state index in [1.54, 1.807) is 0 Å². The van der Waals surface area contributed by atoms with Gasteiger partial charge in [-0.1, -0.05) is 22.6 Å². The Bertz CT molecular complexity index is 460. The maximum Gasteiger partial charge on any atom is 0.389 e. The molecule has 0 spiro atoms. The standard InChI is InChI=1S/C15H17F4IO2/c16-12-6-4-11(5-7-12)14(21)22-10-2-1-3-13(20)8-9-15(17,18)19/h4-7,13H,1-3,8-10H2. The molecule has 0 heterocycles. The van der Waals surface area contributed by atoms with Gasteiger partial charge < -0.3 is 4.74 Å². The van der Waals surface area contributed by atoms with Gasteiger partial charge in [0.05, 0.1) is 12.2 Å². The molecular weight excluding hydrogens is 415 g/mol. The highest BCUT2D eigenvalue weighted by molar-refractivity contribution is 14.1. The number of alkyl halides is 4. The molecule has 22 heavy (non-hydrogen) atoms. The molecule has 7 heteroatoms. The number of unbranched alkanes of at least 4 members (excludes halogenated alkanes) is 1. The Balaban J connectivity index is 2.12. The van der Waals surface area contributed by atoms with Crippen molar-refractivity contribution in [3.63, 3.8) is 0 Å². The van der Waals surface area contributed by atoms with Crippen LogP contribution in [0.2, 0.25) is 0 Å². The van der Waals surface area contributed by atoms with Gasteiger partial charge in [-0.3, -0.25) is 0 Å². The molecule has 0 aromatic heterocycles. The number of hydrogen-bond acceptors (Lipinski definition) is 2. The molecule has 1 unspecified atom stereocenters. The zero-order chi connectivity index (χ0) is 16.6. The van der Waals surface area contributed by atoms with E-state index < -0.39 is 24.4 Å². The summed E-state index contributed by atoms with van der Waals surface area (Å²) in [6.07, 6.45) is -2.81. The van der Waals surface area contributed by atoms with Gasteiger partial charge in [0.2, 0.25) is 0 Å². The largest absolute Gasteiger partial charge is 0.462 e. The fraction of sp³-hybridized carbons (Fsp3) is 0.533. The summed E-state index contributed by atoms with van der Waals surface area (Å²) in [4.78, 5) is 11.6. The van der Waals surface area contributed by atoms with Gasteiger partial charge in [0.1, 0.15) is 5.82 Å². The van der Waals surface area contributed by atoms with Gasteiger partial charge in [-0.15, -0.1) is 0 Å². The third-order valence-corrected chi connectivity index (χ3v) is 4.21. The third-order valence-electron chi connectivity index (χ3n) is 2.97. The van der Waals surface area contributed by atoms with E-state index in [0.717, 1.165) is 0 Å². The van der Waals surface area contributed by atoms with Crippen LogP contribution in [0.25, 0.3) is 0 Å². The Labute approximate surface area is 140 Å². The molecule has 0 aliphatic heterocycles. The predicted octanol–water partition coefficient (Wildman–Crippen LogP) is 5.30. The number of carbonyl (C=O) groups excluding carboxylic acids is 1. The van der Waals surface area contributed by atoms with E-state index in [9.17, 15) is 22.4 Å². The quantitative estimate of drug-likeness (QED) is 0.183. The second kappa shape index (κ2) is 9.32. The number of benzene rings is 1. The molecule has 0 aliphatic carbocycles. The second-order valence-corrected chi connectivity index (χ2v) is 6.65. The second-order valence-electron chi connectivity index (χ2n) is 4.89. The van der Waals surface area contributed by atoms with E-state index in [2.05, 4.69) is 0 Å². The van der Waals surface area contributed by atoms with Crippen LogP contribution in [0.5, 0.6) is 0 Å². The van der Waals surface area contributed by atoms with Crippen molar-refractivity contribution in [1.82, 2.24) is 0 Å². The molecule has 0 aliphatic rings. The monoisotopic (exact) mass is 432 g/mol. The summed E-state index contributed by atoms with van der Waals surface area (Å²) in [5.41, 5.74) is 0.276. The van der Waals surface area contributed by atoms with Crippen LogP contribution in [-0.2, 0) is 4.74 Å². The van der Waals surface area contributed by atoms with Crippen LogP contribution in [-0.4, -0.2) is 22.7 Å². The Morgan fingerprint density at radius 2 is 1.77 bits per heavy atom. The molecule has 0 saturated carbocycles. The Hall–Kier alpha value is -0.860. The first kappa shape index (κ1) is 19.2. The van der Waals surface area contributed by atoms with Gasteiger partial charge in [-0.05, 0) is 49.9 Å². The lowest BCUT2D eigenvalue weighted by Crippen LogP contribution is -2.11. The number of hydrogen-bond donors (Lipinski definition) is 0. The van der Waals surface area contributed by atoms with Crippen molar-refractivity contribution in [1.29, 1.82) is 0 Å². The van der Waals surface area contributed by atoms with Gasteiger partial charge >= 0.3 is 12.1 Å². The molecule has 124 valence electrons. The minimum Gasteiger partial charge on any atom is -0.462 e. The number of carbonyl (C=O) groups is 1. The molecule has 1 aromatic rings. The van der Waals surface area contributed by atoms with Crippen LogP contribution < -0.4 is 0 Å². The zero-order valence-electron chi connectivity index (χ0n) is 11.8. The number of esters is 1. The number of halogens is 5. The Kier molecular flexibility index (Phi) is 8.13. The van der Waals surface area contributed by atoms with Crippen molar-refractivity contribution in [2.45, 2.75) is 42.2 Å². The molecule has 0 bridgehead atoms. The summed E-state index contributed by atoms with van der Waals surface area (Å²) < 4.78 is 53.8. The zero-order valence-corrected chi connectivity index (χ0v) is 14.0. The summed E-state index contributed by atoms with van der Waals surface area (Å²) in [6.45, 7) is 0.207. The van der Waals surface area contributed by atoms with Crippen molar-refractivity contribution in [2.24, 2.45) is 0 Å². The SMILES string of the molecule is O=C(OCCCCC(I)CCC(F)(F)F)c1ccc(F)cc1. The van der Waals surface area contributed by atoms with E-state index in [-0.39, 0.29) is 22.5 Å². The summed E-state index contributed by atoms with van der Waals surface area (Å²) in [7, 11) is 0. The van der Waals surface area contributed by atoms with Crippen molar-refractivity contribution in [3.8, 4) is 0 Å². The van der Waals surface area contributed by atoms with Crippen LogP contribution in [0.15, 0.2) is 24.3 Å². The van der Waals surface area contributed by atoms with Crippen LogP contribution >= 0.6 is 22.6 Å². The van der Waals surface area contributed by atoms with E-state index >= 15 is 0 Å². The first-order chi connectivity index (χ1) is 10.3.